The number of hydrogen-bond donors (Lipinski definition) is 2. The smallest absolute Gasteiger partial charge is 0.251 e. The van der Waals surface area contributed by atoms with E-state index >= 15 is 0 Å². The fourth-order valence-corrected chi connectivity index (χ4v) is 2.31. The topological polar surface area (TPSA) is 65.1 Å². The number of hydrogen-bond acceptors (Lipinski definition) is 4. The monoisotopic (exact) mass is 264 g/mol. The molecule has 0 saturated carbocycles. The highest BCUT2D eigenvalue weighted by Crippen LogP contribution is 2.12. The molecule has 7 heteroatoms. The Labute approximate surface area is 106 Å². The molecule has 0 radical (unpaired) electrons. The maximum absolute atomic E-state index is 12.3. The lowest BCUT2D eigenvalue weighted by atomic mass is 10.1. The summed E-state index contributed by atoms with van der Waals surface area (Å²) in [7, 11) is 0. The van der Waals surface area contributed by atoms with Gasteiger partial charge in [0.15, 0.2) is 5.84 Å². The van der Waals surface area contributed by atoms with Crippen molar-refractivity contribution in [2.24, 2.45) is 10.9 Å². The third-order valence-corrected chi connectivity index (χ3v) is 3.26. The van der Waals surface area contributed by atoms with Crippen molar-refractivity contribution in [1.82, 2.24) is 9.80 Å². The van der Waals surface area contributed by atoms with E-state index in [2.05, 4.69) is 10.1 Å². The van der Waals surface area contributed by atoms with Crippen molar-refractivity contribution in [2.45, 2.75) is 32.2 Å². The summed E-state index contributed by atoms with van der Waals surface area (Å²) in [6.07, 6.45) is -0.546. The molecule has 1 unspecified atom stereocenters. The zero-order valence-corrected chi connectivity index (χ0v) is 10.7. The largest absolute Gasteiger partial charge is 0.409 e. The molecule has 1 heterocycles. The Kier molecular flexibility index (Phi) is 6.28. The first-order valence-electron chi connectivity index (χ1n) is 6.30. The Morgan fingerprint density at radius 2 is 1.94 bits per heavy atom. The lowest BCUT2D eigenvalue weighted by molar-refractivity contribution is 0.0499. The van der Waals surface area contributed by atoms with Gasteiger partial charge in [-0.15, -0.1) is 0 Å². The molecule has 1 saturated heterocycles. The molecule has 1 aliphatic rings. The molecular weight excluding hydrogens is 242 g/mol. The summed E-state index contributed by atoms with van der Waals surface area (Å²) in [6.45, 7) is 4.41. The lowest BCUT2D eigenvalue weighted by Gasteiger charge is -2.38. The number of halogens is 2. The molecule has 0 aliphatic carbocycles. The third kappa shape index (κ3) is 4.38. The van der Waals surface area contributed by atoms with Crippen LogP contribution in [0.5, 0.6) is 0 Å². The van der Waals surface area contributed by atoms with Gasteiger partial charge < -0.3 is 10.9 Å². The van der Waals surface area contributed by atoms with Crippen LogP contribution in [-0.2, 0) is 0 Å². The van der Waals surface area contributed by atoms with E-state index in [1.807, 2.05) is 6.92 Å². The van der Waals surface area contributed by atoms with Gasteiger partial charge in [-0.1, -0.05) is 18.5 Å². The molecule has 0 aromatic heterocycles. The number of nitrogens with two attached hydrogens (primary N) is 1. The van der Waals surface area contributed by atoms with Crippen LogP contribution in [0.4, 0.5) is 8.78 Å². The molecule has 3 N–H and O–H groups in total. The van der Waals surface area contributed by atoms with E-state index in [-0.39, 0.29) is 18.4 Å². The van der Waals surface area contributed by atoms with Crippen LogP contribution in [0.15, 0.2) is 5.16 Å². The molecule has 0 bridgehead atoms. The van der Waals surface area contributed by atoms with Gasteiger partial charge in [0.25, 0.3) is 6.43 Å². The maximum atomic E-state index is 12.3. The Hall–Kier alpha value is -0.950. The van der Waals surface area contributed by atoms with E-state index in [1.165, 1.54) is 0 Å². The van der Waals surface area contributed by atoms with Gasteiger partial charge in [-0.2, -0.15) is 0 Å². The molecular formula is C11H22F2N4O. The molecule has 0 amide bonds. The second-order valence-corrected chi connectivity index (χ2v) is 4.56. The van der Waals surface area contributed by atoms with E-state index in [0.29, 0.717) is 26.2 Å². The van der Waals surface area contributed by atoms with Gasteiger partial charge in [-0.3, -0.25) is 9.80 Å². The molecule has 1 rings (SSSR count). The zero-order chi connectivity index (χ0) is 13.5. The zero-order valence-electron chi connectivity index (χ0n) is 10.7. The lowest BCUT2D eigenvalue weighted by Crippen LogP contribution is -2.54. The second-order valence-electron chi connectivity index (χ2n) is 4.56. The quantitative estimate of drug-likeness (QED) is 0.322. The second kappa shape index (κ2) is 7.48. The van der Waals surface area contributed by atoms with Gasteiger partial charge in [0, 0.05) is 26.2 Å². The Balaban J connectivity index is 2.48. The highest BCUT2D eigenvalue weighted by molar-refractivity contribution is 5.85. The Morgan fingerprint density at radius 3 is 2.39 bits per heavy atom. The number of nitrogens with zero attached hydrogens (tertiary/aromatic N) is 3. The van der Waals surface area contributed by atoms with Gasteiger partial charge in [-0.05, 0) is 6.42 Å². The number of alkyl halides is 2. The highest BCUT2D eigenvalue weighted by Gasteiger charge is 2.26. The van der Waals surface area contributed by atoms with Crippen molar-refractivity contribution in [3.8, 4) is 0 Å². The van der Waals surface area contributed by atoms with Crippen molar-refractivity contribution in [3.05, 3.63) is 0 Å². The summed E-state index contributed by atoms with van der Waals surface area (Å²) in [5.41, 5.74) is 5.67. The number of rotatable bonds is 6. The summed E-state index contributed by atoms with van der Waals surface area (Å²) in [5.74, 6) is 0.208. The first-order valence-corrected chi connectivity index (χ1v) is 6.30. The molecule has 5 nitrogen and oxygen atoms in total. The summed E-state index contributed by atoms with van der Waals surface area (Å²) < 4.78 is 24.5. The SMILES string of the molecule is CCCC(C(N)=NO)N1CCN(CC(F)F)CC1. The predicted molar refractivity (Wildman–Crippen MR) is 66.1 cm³/mol. The molecule has 18 heavy (non-hydrogen) atoms. The van der Waals surface area contributed by atoms with Crippen molar-refractivity contribution < 1.29 is 14.0 Å². The molecule has 106 valence electrons. The standard InChI is InChI=1S/C11H22F2N4O/c1-2-3-9(11(14)15-18)17-6-4-16(5-7-17)8-10(12)13/h9-10,18H,2-8H2,1H3,(H2,14,15). The third-order valence-electron chi connectivity index (χ3n) is 3.26. The van der Waals surface area contributed by atoms with Gasteiger partial charge >= 0.3 is 0 Å². The first kappa shape index (κ1) is 15.1. The van der Waals surface area contributed by atoms with Crippen molar-refractivity contribution in [3.63, 3.8) is 0 Å². The Bertz CT molecular complexity index is 268. The van der Waals surface area contributed by atoms with Crippen LogP contribution in [-0.4, -0.2) is 66.0 Å². The van der Waals surface area contributed by atoms with E-state index in [0.717, 1.165) is 12.8 Å². The van der Waals surface area contributed by atoms with Crippen LogP contribution in [0.1, 0.15) is 19.8 Å². The summed E-state index contributed by atoms with van der Waals surface area (Å²) in [4.78, 5) is 3.84. The van der Waals surface area contributed by atoms with Crippen molar-refractivity contribution in [2.75, 3.05) is 32.7 Å². The minimum absolute atomic E-state index is 0.0892. The number of oxime groups is 1. The molecule has 0 aromatic carbocycles. The minimum Gasteiger partial charge on any atom is -0.409 e. The fraction of sp³-hybridized carbons (Fsp3) is 0.909. The molecule has 0 aromatic rings. The fourth-order valence-electron chi connectivity index (χ4n) is 2.31. The van der Waals surface area contributed by atoms with Crippen LogP contribution in [0.25, 0.3) is 0 Å². The minimum atomic E-state index is -2.29. The van der Waals surface area contributed by atoms with Crippen molar-refractivity contribution >= 4 is 5.84 Å². The highest BCUT2D eigenvalue weighted by atomic mass is 19.3. The van der Waals surface area contributed by atoms with Gasteiger partial charge in [0.2, 0.25) is 0 Å². The predicted octanol–water partition coefficient (Wildman–Crippen LogP) is 0.784. The first-order chi connectivity index (χ1) is 8.58. The normalized spacial score (nSPS) is 21.4. The Morgan fingerprint density at radius 1 is 1.33 bits per heavy atom. The van der Waals surface area contributed by atoms with Crippen LogP contribution in [0.3, 0.4) is 0 Å². The van der Waals surface area contributed by atoms with Gasteiger partial charge in [0.1, 0.15) is 0 Å². The summed E-state index contributed by atoms with van der Waals surface area (Å²) in [5, 5.41) is 11.8. The van der Waals surface area contributed by atoms with Crippen LogP contribution < -0.4 is 5.73 Å². The van der Waals surface area contributed by atoms with Crippen LogP contribution in [0.2, 0.25) is 0 Å². The maximum Gasteiger partial charge on any atom is 0.251 e. The van der Waals surface area contributed by atoms with E-state index in [1.54, 1.807) is 4.90 Å². The van der Waals surface area contributed by atoms with Gasteiger partial charge in [0.05, 0.1) is 12.6 Å². The average molecular weight is 264 g/mol. The molecule has 1 aliphatic heterocycles. The summed E-state index contributed by atoms with van der Waals surface area (Å²) >= 11 is 0. The van der Waals surface area contributed by atoms with E-state index in [9.17, 15) is 8.78 Å². The molecule has 1 fully saturated rings. The van der Waals surface area contributed by atoms with Crippen LogP contribution >= 0.6 is 0 Å². The van der Waals surface area contributed by atoms with E-state index < -0.39 is 6.43 Å². The number of piperazine rings is 1. The number of amidine groups is 1. The molecule has 0 spiro atoms. The molecule has 1 atom stereocenters. The van der Waals surface area contributed by atoms with Crippen molar-refractivity contribution in [1.29, 1.82) is 0 Å². The average Bonchev–Trinajstić information content (AvgIpc) is 2.35. The van der Waals surface area contributed by atoms with Crippen LogP contribution in [0, 0.1) is 0 Å². The van der Waals surface area contributed by atoms with Gasteiger partial charge in [-0.25, -0.2) is 8.78 Å². The van der Waals surface area contributed by atoms with E-state index in [4.69, 9.17) is 10.9 Å². The summed E-state index contributed by atoms with van der Waals surface area (Å²) in [6, 6.07) is -0.0892.